The lowest BCUT2D eigenvalue weighted by molar-refractivity contribution is -0.113. The average Bonchev–Trinajstić information content (AvgIpc) is 3.52. The zero-order valence-electron chi connectivity index (χ0n) is 20.8. The monoisotopic (exact) mass is 552 g/mol. The number of benzene rings is 2. The van der Waals surface area contributed by atoms with Gasteiger partial charge in [0.15, 0.2) is 5.16 Å². The minimum absolute atomic E-state index is 0.0439. The Morgan fingerprint density at radius 2 is 1.87 bits per heavy atom. The van der Waals surface area contributed by atoms with Gasteiger partial charge in [0.2, 0.25) is 5.91 Å². The van der Waals surface area contributed by atoms with Gasteiger partial charge in [-0.05, 0) is 35.4 Å². The molecule has 0 atom stereocenters. The fraction of sp³-hybridized carbons (Fsp3) is 0.185. The predicted molar refractivity (Wildman–Crippen MR) is 146 cm³/mol. The molecule has 2 heterocycles. The van der Waals surface area contributed by atoms with Gasteiger partial charge in [-0.1, -0.05) is 42.1 Å². The Balaban J connectivity index is 1.47. The summed E-state index contributed by atoms with van der Waals surface area (Å²) >= 11 is 2.43. The van der Waals surface area contributed by atoms with Crippen molar-refractivity contribution in [3.05, 3.63) is 89.3 Å². The highest BCUT2D eigenvalue weighted by Gasteiger charge is 2.23. The fourth-order valence-corrected chi connectivity index (χ4v) is 5.42. The second-order valence-electron chi connectivity index (χ2n) is 8.01. The van der Waals surface area contributed by atoms with Crippen molar-refractivity contribution in [2.75, 3.05) is 25.3 Å². The summed E-state index contributed by atoms with van der Waals surface area (Å²) < 4.78 is 25.4. The molecule has 1 amide bonds. The summed E-state index contributed by atoms with van der Waals surface area (Å²) in [6, 6.07) is 13.5. The number of carbonyl (C=O) groups is 2. The Labute approximate surface area is 227 Å². The van der Waals surface area contributed by atoms with Gasteiger partial charge in [-0.25, -0.2) is 9.18 Å². The molecule has 0 saturated heterocycles. The number of rotatable bonds is 11. The zero-order valence-corrected chi connectivity index (χ0v) is 22.4. The topological polar surface area (TPSA) is 95.3 Å². The van der Waals surface area contributed by atoms with Crippen molar-refractivity contribution in [1.82, 2.24) is 14.8 Å². The number of methoxy groups -OCH3 is 2. The number of allylic oxidation sites excluding steroid dienone is 1. The van der Waals surface area contributed by atoms with E-state index >= 15 is 0 Å². The van der Waals surface area contributed by atoms with Crippen LogP contribution in [0.1, 0.15) is 21.7 Å². The van der Waals surface area contributed by atoms with E-state index in [0.717, 1.165) is 17.1 Å². The number of ether oxygens (including phenoxy) is 2. The molecule has 0 aliphatic heterocycles. The van der Waals surface area contributed by atoms with E-state index in [1.54, 1.807) is 30.7 Å². The molecule has 1 N–H and O–H groups in total. The Hall–Kier alpha value is -3.96. The van der Waals surface area contributed by atoms with Crippen LogP contribution in [0.3, 0.4) is 0 Å². The molecule has 0 radical (unpaired) electrons. The van der Waals surface area contributed by atoms with Gasteiger partial charge in [0.25, 0.3) is 0 Å². The maximum atomic E-state index is 13.4. The summed E-state index contributed by atoms with van der Waals surface area (Å²) in [6.45, 7) is 4.31. The van der Waals surface area contributed by atoms with Crippen LogP contribution in [-0.2, 0) is 22.5 Å². The average molecular weight is 553 g/mol. The molecule has 0 fully saturated rings. The number of anilines is 1. The van der Waals surface area contributed by atoms with E-state index < -0.39 is 5.97 Å². The number of esters is 1. The molecule has 8 nitrogen and oxygen atoms in total. The van der Waals surface area contributed by atoms with E-state index in [9.17, 15) is 14.0 Å². The SMILES string of the molecule is C=CCn1c(Cc2ccc(OC)cc2)nnc1SCC(=O)Nc1scc(-c2ccc(F)cc2)c1C(=O)OC. The maximum Gasteiger partial charge on any atom is 0.341 e. The lowest BCUT2D eigenvalue weighted by Crippen LogP contribution is -2.16. The summed E-state index contributed by atoms with van der Waals surface area (Å²) in [4.78, 5) is 25.4. The number of nitrogens with one attached hydrogen (secondary N) is 1. The van der Waals surface area contributed by atoms with Crippen LogP contribution in [0.2, 0.25) is 0 Å². The predicted octanol–water partition coefficient (Wildman–Crippen LogP) is 5.45. The number of hydrogen-bond acceptors (Lipinski definition) is 8. The first-order valence-electron chi connectivity index (χ1n) is 11.5. The molecular weight excluding hydrogens is 527 g/mol. The number of hydrogen-bond donors (Lipinski definition) is 1. The molecule has 0 bridgehead atoms. The molecule has 0 aliphatic carbocycles. The fourth-order valence-electron chi connectivity index (χ4n) is 3.68. The van der Waals surface area contributed by atoms with Gasteiger partial charge in [-0.15, -0.1) is 28.1 Å². The van der Waals surface area contributed by atoms with E-state index in [2.05, 4.69) is 22.1 Å². The van der Waals surface area contributed by atoms with Gasteiger partial charge in [0.1, 0.15) is 28.0 Å². The highest BCUT2D eigenvalue weighted by molar-refractivity contribution is 7.99. The number of amides is 1. The van der Waals surface area contributed by atoms with Crippen molar-refractivity contribution < 1.29 is 23.5 Å². The Bertz CT molecular complexity index is 1430. The number of thiophene rings is 1. The first kappa shape index (κ1) is 27.1. The second-order valence-corrected chi connectivity index (χ2v) is 9.83. The molecule has 196 valence electrons. The van der Waals surface area contributed by atoms with E-state index in [-0.39, 0.29) is 23.0 Å². The smallest absolute Gasteiger partial charge is 0.341 e. The third kappa shape index (κ3) is 6.29. The standard InChI is InChI=1S/C27H25FN4O4S2/c1-4-13-32-22(14-17-5-11-20(35-2)12-6-17)30-31-27(32)38-16-23(33)29-25-24(26(34)36-3)21(15-37-25)18-7-9-19(28)10-8-18/h4-12,15H,1,13-14,16H2,2-3H3,(H,29,33). The number of halogens is 1. The Morgan fingerprint density at radius 3 is 2.53 bits per heavy atom. The lowest BCUT2D eigenvalue weighted by Gasteiger charge is -2.09. The quantitative estimate of drug-likeness (QED) is 0.150. The highest BCUT2D eigenvalue weighted by atomic mass is 32.2. The van der Waals surface area contributed by atoms with Crippen LogP contribution in [0.15, 0.2) is 71.7 Å². The van der Waals surface area contributed by atoms with Gasteiger partial charge in [-0.3, -0.25) is 4.79 Å². The van der Waals surface area contributed by atoms with Gasteiger partial charge in [-0.2, -0.15) is 0 Å². The zero-order chi connectivity index (χ0) is 27.1. The molecule has 0 spiro atoms. The molecule has 11 heteroatoms. The first-order chi connectivity index (χ1) is 18.4. The summed E-state index contributed by atoms with van der Waals surface area (Å²) in [7, 11) is 2.89. The van der Waals surface area contributed by atoms with Gasteiger partial charge >= 0.3 is 5.97 Å². The Kier molecular flexibility index (Phi) is 8.93. The van der Waals surface area contributed by atoms with Gasteiger partial charge in [0, 0.05) is 23.9 Å². The number of nitrogens with zero attached hydrogens (tertiary/aromatic N) is 3. The second kappa shape index (κ2) is 12.5. The molecule has 0 unspecified atom stereocenters. The van der Waals surface area contributed by atoms with Crippen LogP contribution in [-0.4, -0.2) is 46.6 Å². The summed E-state index contributed by atoms with van der Waals surface area (Å²) in [5.41, 5.74) is 2.46. The van der Waals surface area contributed by atoms with Crippen LogP contribution in [0.25, 0.3) is 11.1 Å². The number of carbonyl (C=O) groups excluding carboxylic acids is 2. The van der Waals surface area contributed by atoms with Crippen molar-refractivity contribution in [3.8, 4) is 16.9 Å². The van der Waals surface area contributed by atoms with E-state index in [1.165, 1.54) is 42.3 Å². The maximum absolute atomic E-state index is 13.4. The molecule has 2 aromatic carbocycles. The van der Waals surface area contributed by atoms with E-state index in [1.807, 2.05) is 28.8 Å². The molecule has 4 rings (SSSR count). The van der Waals surface area contributed by atoms with Gasteiger partial charge < -0.3 is 19.4 Å². The minimum Gasteiger partial charge on any atom is -0.497 e. The summed E-state index contributed by atoms with van der Waals surface area (Å²) in [5, 5.41) is 14.1. The highest BCUT2D eigenvalue weighted by Crippen LogP contribution is 2.36. The molecule has 4 aromatic rings. The van der Waals surface area contributed by atoms with Crippen LogP contribution < -0.4 is 10.1 Å². The van der Waals surface area contributed by atoms with E-state index in [4.69, 9.17) is 9.47 Å². The lowest BCUT2D eigenvalue weighted by atomic mass is 10.0. The largest absolute Gasteiger partial charge is 0.497 e. The molecule has 38 heavy (non-hydrogen) atoms. The van der Waals surface area contributed by atoms with Crippen LogP contribution >= 0.6 is 23.1 Å². The number of aromatic nitrogens is 3. The van der Waals surface area contributed by atoms with Crippen molar-refractivity contribution in [3.63, 3.8) is 0 Å². The molecular formula is C27H25FN4O4S2. The molecule has 2 aromatic heterocycles. The molecule has 0 saturated carbocycles. The van der Waals surface area contributed by atoms with Gasteiger partial charge in [0.05, 0.1) is 20.0 Å². The minimum atomic E-state index is -0.595. The van der Waals surface area contributed by atoms with Crippen LogP contribution in [0.5, 0.6) is 5.75 Å². The molecule has 0 aliphatic rings. The van der Waals surface area contributed by atoms with Crippen LogP contribution in [0, 0.1) is 5.82 Å². The summed E-state index contributed by atoms with van der Waals surface area (Å²) in [6.07, 6.45) is 2.30. The van der Waals surface area contributed by atoms with Crippen molar-refractivity contribution in [2.24, 2.45) is 0 Å². The third-order valence-corrected chi connectivity index (χ3v) is 7.41. The first-order valence-corrected chi connectivity index (χ1v) is 13.3. The van der Waals surface area contributed by atoms with E-state index in [0.29, 0.717) is 34.2 Å². The van der Waals surface area contributed by atoms with Crippen molar-refractivity contribution in [2.45, 2.75) is 18.1 Å². The van der Waals surface area contributed by atoms with Crippen molar-refractivity contribution >= 4 is 40.0 Å². The normalized spacial score (nSPS) is 10.7. The summed E-state index contributed by atoms with van der Waals surface area (Å²) in [5.74, 6) is 0.260. The van der Waals surface area contributed by atoms with Crippen molar-refractivity contribution in [1.29, 1.82) is 0 Å². The van der Waals surface area contributed by atoms with Crippen LogP contribution in [0.4, 0.5) is 9.39 Å². The number of thioether (sulfide) groups is 1. The third-order valence-electron chi connectivity index (χ3n) is 5.55. The Morgan fingerprint density at radius 1 is 1.13 bits per heavy atom.